The predicted molar refractivity (Wildman–Crippen MR) is 86.2 cm³/mol. The van der Waals surface area contributed by atoms with Gasteiger partial charge < -0.3 is 9.47 Å². The fourth-order valence-electron chi connectivity index (χ4n) is 2.24. The first-order valence-electron chi connectivity index (χ1n) is 7.59. The van der Waals surface area contributed by atoms with E-state index >= 15 is 0 Å². The molecule has 3 rings (SSSR count). The lowest BCUT2D eigenvalue weighted by Crippen LogP contribution is -2.11. The van der Waals surface area contributed by atoms with Gasteiger partial charge in [0.25, 0.3) is 0 Å². The minimum atomic E-state index is -0.685. The molecule has 128 valence electrons. The van der Waals surface area contributed by atoms with Gasteiger partial charge in [0.05, 0.1) is 17.5 Å². The van der Waals surface area contributed by atoms with Crippen LogP contribution in [0.4, 0.5) is 8.78 Å². The van der Waals surface area contributed by atoms with Crippen LogP contribution in [0.3, 0.4) is 0 Å². The summed E-state index contributed by atoms with van der Waals surface area (Å²) >= 11 is 0. The molecule has 0 saturated carbocycles. The molecular formula is C18H14F2N2O3. The largest absolute Gasteiger partial charge is 0.472 e. The van der Waals surface area contributed by atoms with Gasteiger partial charge >= 0.3 is 5.97 Å². The summed E-state index contributed by atoms with van der Waals surface area (Å²) in [7, 11) is 0. The van der Waals surface area contributed by atoms with Gasteiger partial charge in [-0.3, -0.25) is 0 Å². The molecule has 0 N–H and O–H groups in total. The number of hydrogen-bond acceptors (Lipinski definition) is 5. The molecule has 1 heterocycles. The van der Waals surface area contributed by atoms with Crippen LogP contribution in [-0.2, 0) is 11.3 Å². The zero-order chi connectivity index (χ0) is 17.8. The van der Waals surface area contributed by atoms with E-state index < -0.39 is 17.6 Å². The molecule has 0 aliphatic rings. The van der Waals surface area contributed by atoms with Gasteiger partial charge in [-0.15, -0.1) is 0 Å². The molecule has 0 aliphatic carbocycles. The lowest BCUT2D eigenvalue weighted by atomic mass is 10.2. The number of hydrogen-bond donors (Lipinski definition) is 0. The van der Waals surface area contributed by atoms with E-state index in [9.17, 15) is 13.6 Å². The summed E-state index contributed by atoms with van der Waals surface area (Å²) in [6.07, 6.45) is 0. The average molecular weight is 344 g/mol. The fraction of sp³-hybridized carbons (Fsp3) is 0.167. The van der Waals surface area contributed by atoms with Crippen molar-refractivity contribution < 1.29 is 23.0 Å². The second-order valence-corrected chi connectivity index (χ2v) is 5.11. The normalized spacial score (nSPS) is 10.7. The zero-order valence-electron chi connectivity index (χ0n) is 13.3. The summed E-state index contributed by atoms with van der Waals surface area (Å²) in [5.41, 5.74) is 0.524. The third-order valence-corrected chi connectivity index (χ3v) is 3.40. The number of esters is 1. The summed E-state index contributed by atoms with van der Waals surface area (Å²) in [4.78, 5) is 20.1. The van der Waals surface area contributed by atoms with Crippen LogP contribution in [0.5, 0.6) is 5.88 Å². The first-order valence-corrected chi connectivity index (χ1v) is 7.59. The van der Waals surface area contributed by atoms with Crippen LogP contribution < -0.4 is 4.74 Å². The van der Waals surface area contributed by atoms with Gasteiger partial charge in [-0.25, -0.2) is 18.6 Å². The topological polar surface area (TPSA) is 61.3 Å². The van der Waals surface area contributed by atoms with E-state index in [1.807, 2.05) is 0 Å². The second-order valence-electron chi connectivity index (χ2n) is 5.11. The number of nitrogens with zero attached hydrogens (tertiary/aromatic N) is 2. The van der Waals surface area contributed by atoms with E-state index in [0.29, 0.717) is 10.9 Å². The Balaban J connectivity index is 1.96. The number of benzene rings is 2. The molecule has 1 aromatic heterocycles. The standard InChI is InChI=1S/C18H14F2N2O3/c1-2-24-18(23)16-21-15-6-4-3-5-13(15)17(22-16)25-10-11-9-12(19)7-8-14(11)20/h3-9H,2,10H2,1H3. The number of fused-ring (bicyclic) bond motifs is 1. The first-order chi connectivity index (χ1) is 12.1. The van der Waals surface area contributed by atoms with Gasteiger partial charge in [0.2, 0.25) is 11.7 Å². The molecule has 7 heteroatoms. The van der Waals surface area contributed by atoms with Crippen LogP contribution in [0.2, 0.25) is 0 Å². The average Bonchev–Trinajstić information content (AvgIpc) is 2.62. The van der Waals surface area contributed by atoms with E-state index in [0.717, 1.165) is 18.2 Å². The number of halogens is 2. The highest BCUT2D eigenvalue weighted by molar-refractivity contribution is 5.90. The first kappa shape index (κ1) is 16.8. The molecule has 0 amide bonds. The third-order valence-electron chi connectivity index (χ3n) is 3.40. The Morgan fingerprint density at radius 3 is 2.72 bits per heavy atom. The number of carbonyl (C=O) groups is 1. The molecule has 5 nitrogen and oxygen atoms in total. The molecule has 0 saturated heterocycles. The van der Waals surface area contributed by atoms with Crippen LogP contribution in [0.15, 0.2) is 42.5 Å². The molecule has 3 aromatic rings. The van der Waals surface area contributed by atoms with Crippen molar-refractivity contribution in [3.8, 4) is 5.88 Å². The molecule has 0 radical (unpaired) electrons. The zero-order valence-corrected chi connectivity index (χ0v) is 13.3. The number of para-hydroxylation sites is 1. The van der Waals surface area contributed by atoms with Crippen molar-refractivity contribution >= 4 is 16.9 Å². The summed E-state index contributed by atoms with van der Waals surface area (Å²) < 4.78 is 37.5. The monoisotopic (exact) mass is 344 g/mol. The van der Waals surface area contributed by atoms with Crippen molar-refractivity contribution in [2.75, 3.05) is 6.61 Å². The van der Waals surface area contributed by atoms with E-state index in [-0.39, 0.29) is 30.5 Å². The highest BCUT2D eigenvalue weighted by atomic mass is 19.1. The summed E-state index contributed by atoms with van der Waals surface area (Å²) in [5.74, 6) is -1.91. The Hall–Kier alpha value is -3.09. The highest BCUT2D eigenvalue weighted by Crippen LogP contribution is 2.24. The predicted octanol–water partition coefficient (Wildman–Crippen LogP) is 3.66. The van der Waals surface area contributed by atoms with E-state index in [1.165, 1.54) is 0 Å². The lowest BCUT2D eigenvalue weighted by Gasteiger charge is -2.10. The fourth-order valence-corrected chi connectivity index (χ4v) is 2.24. The number of ether oxygens (including phenoxy) is 2. The maximum absolute atomic E-state index is 13.7. The Morgan fingerprint density at radius 1 is 1.12 bits per heavy atom. The molecule has 25 heavy (non-hydrogen) atoms. The van der Waals surface area contributed by atoms with Gasteiger partial charge in [-0.05, 0) is 37.3 Å². The van der Waals surface area contributed by atoms with Crippen LogP contribution in [0.1, 0.15) is 23.1 Å². The number of carbonyl (C=O) groups excluding carboxylic acids is 1. The Kier molecular flexibility index (Phi) is 4.83. The SMILES string of the molecule is CCOC(=O)c1nc(OCc2cc(F)ccc2F)c2ccccc2n1. The van der Waals surface area contributed by atoms with Crippen molar-refractivity contribution in [3.05, 3.63) is 65.5 Å². The molecule has 0 atom stereocenters. The van der Waals surface area contributed by atoms with Gasteiger partial charge in [0, 0.05) is 5.56 Å². The number of rotatable bonds is 5. The second kappa shape index (κ2) is 7.21. The van der Waals surface area contributed by atoms with Crippen LogP contribution in [0.25, 0.3) is 10.9 Å². The smallest absolute Gasteiger partial charge is 0.376 e. The van der Waals surface area contributed by atoms with E-state index in [4.69, 9.17) is 9.47 Å². The van der Waals surface area contributed by atoms with Crippen molar-refractivity contribution in [1.29, 1.82) is 0 Å². The minimum Gasteiger partial charge on any atom is -0.472 e. The molecule has 0 aliphatic heterocycles. The maximum atomic E-state index is 13.7. The van der Waals surface area contributed by atoms with Crippen molar-refractivity contribution in [1.82, 2.24) is 9.97 Å². The summed E-state index contributed by atoms with van der Waals surface area (Å²) in [6.45, 7) is 1.61. The summed E-state index contributed by atoms with van der Waals surface area (Å²) in [5, 5.41) is 0.548. The van der Waals surface area contributed by atoms with Gasteiger partial charge in [0.15, 0.2) is 0 Å². The van der Waals surface area contributed by atoms with Crippen LogP contribution >= 0.6 is 0 Å². The Morgan fingerprint density at radius 2 is 1.92 bits per heavy atom. The Labute approximate surface area is 142 Å². The molecule has 0 spiro atoms. The van der Waals surface area contributed by atoms with E-state index in [2.05, 4.69) is 9.97 Å². The summed E-state index contributed by atoms with van der Waals surface area (Å²) in [6, 6.07) is 10.0. The lowest BCUT2D eigenvalue weighted by molar-refractivity contribution is 0.0511. The van der Waals surface area contributed by atoms with Crippen LogP contribution in [-0.4, -0.2) is 22.5 Å². The Bertz CT molecular complexity index is 931. The van der Waals surface area contributed by atoms with Gasteiger partial charge in [0.1, 0.15) is 18.2 Å². The molecule has 0 unspecified atom stereocenters. The highest BCUT2D eigenvalue weighted by Gasteiger charge is 2.16. The molecule has 2 aromatic carbocycles. The van der Waals surface area contributed by atoms with Gasteiger partial charge in [-0.2, -0.15) is 4.98 Å². The minimum absolute atomic E-state index is 0.0420. The van der Waals surface area contributed by atoms with Crippen molar-refractivity contribution in [2.45, 2.75) is 13.5 Å². The third kappa shape index (κ3) is 3.71. The van der Waals surface area contributed by atoms with Crippen molar-refractivity contribution in [3.63, 3.8) is 0 Å². The van der Waals surface area contributed by atoms with Gasteiger partial charge in [-0.1, -0.05) is 12.1 Å². The number of aromatic nitrogens is 2. The molecular weight excluding hydrogens is 330 g/mol. The van der Waals surface area contributed by atoms with Crippen LogP contribution in [0, 0.1) is 11.6 Å². The van der Waals surface area contributed by atoms with Crippen molar-refractivity contribution in [2.24, 2.45) is 0 Å². The maximum Gasteiger partial charge on any atom is 0.376 e. The molecule has 0 fully saturated rings. The van der Waals surface area contributed by atoms with E-state index in [1.54, 1.807) is 31.2 Å². The molecule has 0 bridgehead atoms. The quantitative estimate of drug-likeness (QED) is 0.661.